The zero-order valence-corrected chi connectivity index (χ0v) is 15.4. The van der Waals surface area contributed by atoms with Crippen molar-refractivity contribution in [2.24, 2.45) is 0 Å². The van der Waals surface area contributed by atoms with Crippen LogP contribution in [0.4, 0.5) is 0 Å². The molecule has 0 saturated carbocycles. The average molecular weight is 321 g/mol. The number of hydrogen-bond donors (Lipinski definition) is 0. The van der Waals surface area contributed by atoms with Crippen LogP contribution >= 0.6 is 0 Å². The summed E-state index contributed by atoms with van der Waals surface area (Å²) in [5.74, 6) is 0.146. The van der Waals surface area contributed by atoms with Crippen LogP contribution in [0.15, 0.2) is 71.8 Å². The van der Waals surface area contributed by atoms with Crippen molar-refractivity contribution in [1.29, 1.82) is 0 Å². The Morgan fingerprint density at radius 2 is 1.55 bits per heavy atom. The molecule has 0 unspecified atom stereocenters. The van der Waals surface area contributed by atoms with Gasteiger partial charge in [-0.1, -0.05) is 43.0 Å². The molecule has 0 amide bonds. The van der Waals surface area contributed by atoms with E-state index in [0.717, 1.165) is 16.2 Å². The van der Waals surface area contributed by atoms with Crippen LogP contribution in [0.5, 0.6) is 0 Å². The Kier molecular flexibility index (Phi) is 4.97. The maximum Gasteiger partial charge on any atom is 0.339 e. The first-order chi connectivity index (χ1) is 9.97. The maximum absolute atomic E-state index is 12.3. The van der Waals surface area contributed by atoms with Crippen LogP contribution < -0.4 is 0 Å². The Balaban J connectivity index is 0.00000176. The molecule has 0 aliphatic heterocycles. The standard InChI is InChI=1S/C17H14O3S.Na/c1-12(2)20-21(18,19)17-9-5-8-15-10-13-6-3-4-7-14(13)11-16(15)17;/h3-11H,1H2,2H3;. The maximum atomic E-state index is 12.3. The molecule has 0 aliphatic carbocycles. The van der Waals surface area contributed by atoms with Crippen LogP contribution in [0.1, 0.15) is 6.92 Å². The minimum Gasteiger partial charge on any atom is -0.384 e. The van der Waals surface area contributed by atoms with Gasteiger partial charge < -0.3 is 4.18 Å². The van der Waals surface area contributed by atoms with Gasteiger partial charge >= 0.3 is 10.1 Å². The second-order valence-corrected chi connectivity index (χ2v) is 6.43. The molecule has 1 radical (unpaired) electrons. The summed E-state index contributed by atoms with van der Waals surface area (Å²) in [7, 11) is -3.85. The Hall–Kier alpha value is -1.33. The van der Waals surface area contributed by atoms with Crippen molar-refractivity contribution in [3.05, 3.63) is 66.9 Å². The zero-order chi connectivity index (χ0) is 15.0. The fourth-order valence-corrected chi connectivity index (χ4v) is 3.54. The van der Waals surface area contributed by atoms with E-state index < -0.39 is 10.1 Å². The third-order valence-corrected chi connectivity index (χ3v) is 4.63. The van der Waals surface area contributed by atoms with Gasteiger partial charge in [-0.05, 0) is 41.3 Å². The van der Waals surface area contributed by atoms with E-state index in [4.69, 9.17) is 4.18 Å². The van der Waals surface area contributed by atoms with Crippen molar-refractivity contribution in [3.63, 3.8) is 0 Å². The molecule has 3 rings (SSSR count). The topological polar surface area (TPSA) is 43.4 Å². The summed E-state index contributed by atoms with van der Waals surface area (Å²) < 4.78 is 29.5. The van der Waals surface area contributed by atoms with Crippen LogP contribution in [0.25, 0.3) is 21.5 Å². The first-order valence-corrected chi connectivity index (χ1v) is 7.90. The SMILES string of the molecule is C=C(C)OS(=O)(=O)c1cccc2cc3ccccc3cc12.[Na]. The van der Waals surface area contributed by atoms with Crippen molar-refractivity contribution in [1.82, 2.24) is 0 Å². The molecule has 0 bridgehead atoms. The van der Waals surface area contributed by atoms with E-state index in [2.05, 4.69) is 6.58 Å². The molecule has 0 spiro atoms. The van der Waals surface area contributed by atoms with Crippen molar-refractivity contribution in [3.8, 4) is 0 Å². The Bertz CT molecular complexity index is 962. The van der Waals surface area contributed by atoms with Crippen LogP contribution in [-0.2, 0) is 14.3 Å². The third-order valence-electron chi connectivity index (χ3n) is 3.23. The predicted molar refractivity (Wildman–Crippen MR) is 90.3 cm³/mol. The van der Waals surface area contributed by atoms with E-state index in [1.807, 2.05) is 42.5 Å². The van der Waals surface area contributed by atoms with Crippen LogP contribution in [0.2, 0.25) is 0 Å². The Morgan fingerprint density at radius 3 is 2.18 bits per heavy atom. The molecule has 0 aromatic heterocycles. The van der Waals surface area contributed by atoms with E-state index >= 15 is 0 Å². The minimum atomic E-state index is -3.85. The van der Waals surface area contributed by atoms with Gasteiger partial charge in [0.1, 0.15) is 10.7 Å². The van der Waals surface area contributed by atoms with E-state index in [0.29, 0.717) is 5.39 Å². The minimum absolute atomic E-state index is 0. The van der Waals surface area contributed by atoms with Gasteiger partial charge in [-0.2, -0.15) is 8.42 Å². The molecule has 3 aromatic carbocycles. The number of rotatable bonds is 3. The number of fused-ring (bicyclic) bond motifs is 2. The molecule has 0 fully saturated rings. The molecule has 22 heavy (non-hydrogen) atoms. The van der Waals surface area contributed by atoms with Crippen molar-refractivity contribution < 1.29 is 12.6 Å². The molecular weight excluding hydrogens is 307 g/mol. The summed E-state index contributed by atoms with van der Waals surface area (Å²) in [6.45, 7) is 5.01. The van der Waals surface area contributed by atoms with Gasteiger partial charge in [0.15, 0.2) is 0 Å². The summed E-state index contributed by atoms with van der Waals surface area (Å²) in [6.07, 6.45) is 0. The molecule has 3 nitrogen and oxygen atoms in total. The van der Waals surface area contributed by atoms with E-state index in [1.54, 1.807) is 12.1 Å². The quantitative estimate of drug-likeness (QED) is 0.318. The largest absolute Gasteiger partial charge is 0.384 e. The van der Waals surface area contributed by atoms with Crippen LogP contribution in [-0.4, -0.2) is 38.0 Å². The molecule has 3 aromatic rings. The van der Waals surface area contributed by atoms with Gasteiger partial charge in [-0.15, -0.1) is 0 Å². The molecule has 5 heteroatoms. The van der Waals surface area contributed by atoms with Crippen LogP contribution in [0.3, 0.4) is 0 Å². The molecule has 0 heterocycles. The van der Waals surface area contributed by atoms with Crippen molar-refractivity contribution in [2.45, 2.75) is 11.8 Å². The normalized spacial score (nSPS) is 11.1. The summed E-state index contributed by atoms with van der Waals surface area (Å²) in [5.41, 5.74) is 0. The first-order valence-electron chi connectivity index (χ1n) is 6.49. The fourth-order valence-electron chi connectivity index (χ4n) is 2.39. The molecule has 0 atom stereocenters. The molecule has 0 aliphatic rings. The van der Waals surface area contributed by atoms with Crippen molar-refractivity contribution >= 4 is 61.2 Å². The smallest absolute Gasteiger partial charge is 0.339 e. The Labute approximate surface area is 152 Å². The summed E-state index contributed by atoms with van der Waals surface area (Å²) in [5, 5.41) is 3.57. The molecule has 107 valence electrons. The van der Waals surface area contributed by atoms with Gasteiger partial charge in [0.2, 0.25) is 0 Å². The molecule has 0 N–H and O–H groups in total. The van der Waals surface area contributed by atoms with E-state index in [1.165, 1.54) is 6.92 Å². The average Bonchev–Trinajstić information content (AvgIpc) is 2.43. The molecular formula is C17H14NaO3S. The first kappa shape index (κ1) is 17.0. The monoisotopic (exact) mass is 321 g/mol. The van der Waals surface area contributed by atoms with Gasteiger partial charge in [0.25, 0.3) is 0 Å². The van der Waals surface area contributed by atoms with Gasteiger partial charge in [0.05, 0.1) is 0 Å². The van der Waals surface area contributed by atoms with Crippen molar-refractivity contribution in [2.75, 3.05) is 0 Å². The second-order valence-electron chi connectivity index (χ2n) is 4.92. The van der Waals surface area contributed by atoms with E-state index in [-0.39, 0.29) is 40.2 Å². The van der Waals surface area contributed by atoms with Crippen LogP contribution in [0, 0.1) is 0 Å². The predicted octanol–water partition coefficient (Wildman–Crippen LogP) is 3.85. The fraction of sp³-hybridized carbons (Fsp3) is 0.0588. The second kappa shape index (κ2) is 6.42. The Morgan fingerprint density at radius 1 is 0.955 bits per heavy atom. The summed E-state index contributed by atoms with van der Waals surface area (Å²) in [4.78, 5) is 0.161. The number of benzene rings is 3. The van der Waals surface area contributed by atoms with Gasteiger partial charge in [-0.25, -0.2) is 0 Å². The summed E-state index contributed by atoms with van der Waals surface area (Å²) >= 11 is 0. The third kappa shape index (κ3) is 3.20. The number of allylic oxidation sites excluding steroid dienone is 1. The summed E-state index contributed by atoms with van der Waals surface area (Å²) in [6, 6.07) is 16.8. The van der Waals surface area contributed by atoms with Gasteiger partial charge in [0, 0.05) is 34.9 Å². The number of hydrogen-bond acceptors (Lipinski definition) is 3. The van der Waals surface area contributed by atoms with Gasteiger partial charge in [-0.3, -0.25) is 0 Å². The van der Waals surface area contributed by atoms with E-state index in [9.17, 15) is 8.42 Å². The molecule has 0 saturated heterocycles. The zero-order valence-electron chi connectivity index (χ0n) is 12.5.